The van der Waals surface area contributed by atoms with Crippen molar-refractivity contribution in [1.82, 2.24) is 9.80 Å². The van der Waals surface area contributed by atoms with Gasteiger partial charge in [0, 0.05) is 42.5 Å². The summed E-state index contributed by atoms with van der Waals surface area (Å²) in [6.45, 7) is 6.38. The molecule has 34 heavy (non-hydrogen) atoms. The minimum Gasteiger partial charge on any atom is -0.478 e. The molecule has 1 saturated heterocycles. The van der Waals surface area contributed by atoms with Gasteiger partial charge in [-0.05, 0) is 51.1 Å². The van der Waals surface area contributed by atoms with E-state index in [0.717, 1.165) is 6.07 Å². The van der Waals surface area contributed by atoms with Crippen molar-refractivity contribution in [2.45, 2.75) is 32.9 Å². The summed E-state index contributed by atoms with van der Waals surface area (Å²) in [5.41, 5.74) is -0.173. The highest BCUT2D eigenvalue weighted by Gasteiger charge is 2.30. The van der Waals surface area contributed by atoms with Crippen LogP contribution < -0.4 is 4.90 Å². The first-order chi connectivity index (χ1) is 15.9. The summed E-state index contributed by atoms with van der Waals surface area (Å²) in [5.74, 6) is -1.97. The Morgan fingerprint density at radius 1 is 1.06 bits per heavy atom. The Morgan fingerprint density at radius 3 is 2.26 bits per heavy atom. The Balaban J connectivity index is 1.79. The largest absolute Gasteiger partial charge is 0.478 e. The van der Waals surface area contributed by atoms with Gasteiger partial charge in [0.2, 0.25) is 0 Å². The Hall–Kier alpha value is -3.33. The first kappa shape index (κ1) is 25.3. The van der Waals surface area contributed by atoms with E-state index in [1.807, 2.05) is 0 Å². The number of piperazine rings is 1. The maximum atomic E-state index is 14.6. The number of carbonyl (C=O) groups excluding carboxylic acids is 2. The van der Waals surface area contributed by atoms with E-state index in [2.05, 4.69) is 0 Å². The van der Waals surface area contributed by atoms with E-state index < -0.39 is 23.5 Å². The number of benzene rings is 2. The van der Waals surface area contributed by atoms with E-state index in [9.17, 15) is 18.8 Å². The van der Waals surface area contributed by atoms with Crippen LogP contribution in [0.4, 0.5) is 19.7 Å². The third kappa shape index (κ3) is 6.38. The van der Waals surface area contributed by atoms with E-state index in [0.29, 0.717) is 23.8 Å². The summed E-state index contributed by atoms with van der Waals surface area (Å²) in [5, 5.41) is 9.49. The minimum atomic E-state index is -1.24. The molecule has 1 aliphatic rings. The highest BCUT2D eigenvalue weighted by atomic mass is 35.5. The molecule has 0 aromatic heterocycles. The van der Waals surface area contributed by atoms with Crippen molar-refractivity contribution in [3.63, 3.8) is 0 Å². The molecular formula is C24H27ClFN3O5. The number of amides is 3. The molecule has 0 saturated carbocycles. The molecule has 0 radical (unpaired) electrons. The van der Waals surface area contributed by atoms with Crippen molar-refractivity contribution < 1.29 is 28.6 Å². The summed E-state index contributed by atoms with van der Waals surface area (Å²) < 4.78 is 20.0. The lowest BCUT2D eigenvalue weighted by atomic mass is 10.1. The number of carboxylic acid groups (broad SMARTS) is 1. The average molecular weight is 492 g/mol. The summed E-state index contributed by atoms with van der Waals surface area (Å²) in [6.07, 6.45) is -0.438. The molecule has 3 rings (SSSR count). The van der Waals surface area contributed by atoms with E-state index in [1.165, 1.54) is 17.0 Å². The monoisotopic (exact) mass is 491 g/mol. The molecule has 0 atom stereocenters. The van der Waals surface area contributed by atoms with Crippen LogP contribution in [0.15, 0.2) is 42.5 Å². The predicted octanol–water partition coefficient (Wildman–Crippen LogP) is 4.86. The van der Waals surface area contributed by atoms with Crippen LogP contribution in [-0.4, -0.2) is 64.8 Å². The van der Waals surface area contributed by atoms with Crippen molar-refractivity contribution in [3.05, 3.63) is 64.4 Å². The molecule has 1 N–H and O–H groups in total. The van der Waals surface area contributed by atoms with Gasteiger partial charge in [-0.25, -0.2) is 18.8 Å². The lowest BCUT2D eigenvalue weighted by Crippen LogP contribution is -2.54. The van der Waals surface area contributed by atoms with Crippen LogP contribution >= 0.6 is 11.6 Å². The van der Waals surface area contributed by atoms with E-state index >= 15 is 0 Å². The average Bonchev–Trinajstić information content (AvgIpc) is 2.76. The van der Waals surface area contributed by atoms with Crippen LogP contribution in [-0.2, 0) is 11.3 Å². The van der Waals surface area contributed by atoms with Crippen molar-refractivity contribution >= 4 is 35.4 Å². The molecule has 3 amide bonds. The fourth-order valence-corrected chi connectivity index (χ4v) is 3.65. The Bertz CT molecular complexity index is 1080. The smallest absolute Gasteiger partial charge is 0.410 e. The number of nitrogens with zero attached hydrogens (tertiary/aromatic N) is 3. The van der Waals surface area contributed by atoms with Crippen LogP contribution in [0, 0.1) is 5.82 Å². The number of halogens is 2. The normalized spacial score (nSPS) is 14.0. The number of rotatable bonds is 4. The van der Waals surface area contributed by atoms with Crippen molar-refractivity contribution in [3.8, 4) is 0 Å². The number of hydrogen-bond donors (Lipinski definition) is 1. The van der Waals surface area contributed by atoms with Gasteiger partial charge < -0.3 is 19.6 Å². The molecule has 2 aromatic rings. The van der Waals surface area contributed by atoms with Crippen LogP contribution in [0.3, 0.4) is 0 Å². The van der Waals surface area contributed by atoms with Crippen molar-refractivity contribution in [2.24, 2.45) is 0 Å². The number of aromatic carboxylic acids is 1. The molecule has 1 heterocycles. The van der Waals surface area contributed by atoms with E-state index in [1.54, 1.807) is 54.8 Å². The number of carbonyl (C=O) groups is 3. The van der Waals surface area contributed by atoms with Gasteiger partial charge in [-0.15, -0.1) is 0 Å². The maximum Gasteiger partial charge on any atom is 0.410 e. The van der Waals surface area contributed by atoms with Crippen LogP contribution in [0.2, 0.25) is 5.02 Å². The van der Waals surface area contributed by atoms with E-state index in [4.69, 9.17) is 21.4 Å². The molecule has 0 bridgehead atoms. The molecular weight excluding hydrogens is 465 g/mol. The zero-order chi connectivity index (χ0) is 25.0. The van der Waals surface area contributed by atoms with Gasteiger partial charge in [-0.2, -0.15) is 0 Å². The van der Waals surface area contributed by atoms with Crippen molar-refractivity contribution in [1.29, 1.82) is 0 Å². The van der Waals surface area contributed by atoms with Gasteiger partial charge in [-0.1, -0.05) is 23.7 Å². The second-order valence-corrected chi connectivity index (χ2v) is 9.35. The molecule has 182 valence electrons. The quantitative estimate of drug-likeness (QED) is 0.659. The molecule has 0 aliphatic carbocycles. The molecule has 1 aliphatic heterocycles. The van der Waals surface area contributed by atoms with Gasteiger partial charge in [0.15, 0.2) is 0 Å². The Labute approximate surface area is 202 Å². The number of carboxylic acids is 1. The number of ether oxygens (including phenoxy) is 1. The number of hydrogen-bond acceptors (Lipinski definition) is 4. The van der Waals surface area contributed by atoms with Gasteiger partial charge >= 0.3 is 18.1 Å². The summed E-state index contributed by atoms with van der Waals surface area (Å²) >= 11 is 6.13. The Kier molecular flexibility index (Phi) is 7.66. The highest BCUT2D eigenvalue weighted by molar-refractivity contribution is 6.30. The topological polar surface area (TPSA) is 90.4 Å². The van der Waals surface area contributed by atoms with Gasteiger partial charge in [0.25, 0.3) is 0 Å². The van der Waals surface area contributed by atoms with Crippen LogP contribution in [0.1, 0.15) is 36.7 Å². The fourth-order valence-electron chi connectivity index (χ4n) is 3.47. The maximum absolute atomic E-state index is 14.6. The molecule has 8 nitrogen and oxygen atoms in total. The summed E-state index contributed by atoms with van der Waals surface area (Å²) in [6, 6.07) is 9.82. The van der Waals surface area contributed by atoms with Gasteiger partial charge in [0.1, 0.15) is 11.4 Å². The molecule has 0 spiro atoms. The highest BCUT2D eigenvalue weighted by Crippen LogP contribution is 2.25. The van der Waals surface area contributed by atoms with Crippen LogP contribution in [0.5, 0.6) is 0 Å². The lowest BCUT2D eigenvalue weighted by Gasteiger charge is -2.38. The SMILES string of the molecule is CC(C)(C)OC(=O)N1CCN(C(=O)N(Cc2ccc(C(=O)O)cc2F)c2cccc(Cl)c2)CC1. The second-order valence-electron chi connectivity index (χ2n) is 8.91. The van der Waals surface area contributed by atoms with Gasteiger partial charge in [0.05, 0.1) is 12.1 Å². The first-order valence-corrected chi connectivity index (χ1v) is 11.1. The van der Waals surface area contributed by atoms with Gasteiger partial charge in [-0.3, -0.25) is 4.90 Å². The third-order valence-electron chi connectivity index (χ3n) is 5.18. The van der Waals surface area contributed by atoms with Crippen LogP contribution in [0.25, 0.3) is 0 Å². The summed E-state index contributed by atoms with van der Waals surface area (Å²) in [7, 11) is 0. The number of urea groups is 1. The van der Waals surface area contributed by atoms with E-state index in [-0.39, 0.29) is 36.8 Å². The predicted molar refractivity (Wildman–Crippen MR) is 126 cm³/mol. The fraction of sp³-hybridized carbons (Fsp3) is 0.375. The zero-order valence-corrected chi connectivity index (χ0v) is 20.0. The number of anilines is 1. The third-order valence-corrected chi connectivity index (χ3v) is 5.42. The lowest BCUT2D eigenvalue weighted by molar-refractivity contribution is 0.0172. The first-order valence-electron chi connectivity index (χ1n) is 10.8. The molecule has 0 unspecified atom stereocenters. The van der Waals surface area contributed by atoms with Crippen molar-refractivity contribution in [2.75, 3.05) is 31.1 Å². The summed E-state index contributed by atoms with van der Waals surface area (Å²) in [4.78, 5) is 41.4. The molecule has 10 heteroatoms. The molecule has 1 fully saturated rings. The Morgan fingerprint density at radius 2 is 1.71 bits per heavy atom. The minimum absolute atomic E-state index is 0.128. The second kappa shape index (κ2) is 10.3. The molecule has 2 aromatic carbocycles. The standard InChI is InChI=1S/C24H27ClFN3O5/c1-24(2,3)34-23(33)28-11-9-27(10-12-28)22(32)29(19-6-4-5-18(25)14-19)15-17-8-7-16(21(30)31)13-20(17)26/h4-8,13-14H,9-12,15H2,1-3H3,(H,30,31). The zero-order valence-electron chi connectivity index (χ0n) is 19.3.